The van der Waals surface area contributed by atoms with Crippen LogP contribution in [0, 0.1) is 0 Å². The number of hydrogen-bond donors (Lipinski definition) is 2. The molecule has 0 spiro atoms. The highest BCUT2D eigenvalue weighted by Crippen LogP contribution is 2.22. The summed E-state index contributed by atoms with van der Waals surface area (Å²) in [4.78, 5) is 17.8. The number of carbonyl (C=O) groups is 1. The predicted octanol–water partition coefficient (Wildman–Crippen LogP) is 0.193. The van der Waals surface area contributed by atoms with E-state index in [0.29, 0.717) is 19.6 Å². The van der Waals surface area contributed by atoms with Crippen LogP contribution in [0.25, 0.3) is 0 Å². The van der Waals surface area contributed by atoms with E-state index in [0.717, 1.165) is 24.4 Å². The Morgan fingerprint density at radius 2 is 2.33 bits per heavy atom. The first-order valence-corrected chi connectivity index (χ1v) is 5.88. The Morgan fingerprint density at radius 3 is 3.17 bits per heavy atom. The molecular weight excluding hydrogens is 234 g/mol. The largest absolute Gasteiger partial charge is 0.492 e. The molecule has 0 atom stereocenters. The summed E-state index contributed by atoms with van der Waals surface area (Å²) in [6.45, 7) is 2.82. The SMILES string of the molecule is NNOC(=O)CCN1CCOc2ccccc2C1. The number of para-hydroxylation sites is 1. The van der Waals surface area contributed by atoms with Crippen LogP contribution in [-0.2, 0) is 16.2 Å². The summed E-state index contributed by atoms with van der Waals surface area (Å²) in [6, 6.07) is 7.94. The van der Waals surface area contributed by atoms with Gasteiger partial charge in [-0.3, -0.25) is 9.69 Å². The lowest BCUT2D eigenvalue weighted by Gasteiger charge is -2.18. The lowest BCUT2D eigenvalue weighted by atomic mass is 10.2. The van der Waals surface area contributed by atoms with E-state index < -0.39 is 0 Å². The van der Waals surface area contributed by atoms with Crippen LogP contribution >= 0.6 is 0 Å². The van der Waals surface area contributed by atoms with E-state index in [1.54, 1.807) is 0 Å². The second-order valence-corrected chi connectivity index (χ2v) is 4.07. The highest BCUT2D eigenvalue weighted by atomic mass is 16.7. The molecule has 0 amide bonds. The summed E-state index contributed by atoms with van der Waals surface area (Å²) in [7, 11) is 0. The van der Waals surface area contributed by atoms with E-state index in [2.05, 4.69) is 9.74 Å². The summed E-state index contributed by atoms with van der Waals surface area (Å²) in [5, 5.41) is 0. The molecule has 0 fully saturated rings. The lowest BCUT2D eigenvalue weighted by molar-refractivity contribution is -0.151. The lowest BCUT2D eigenvalue weighted by Crippen LogP contribution is -2.31. The Kier molecular flexibility index (Phi) is 4.52. The number of ether oxygens (including phenoxy) is 1. The molecule has 6 heteroatoms. The summed E-state index contributed by atoms with van der Waals surface area (Å²) in [6.07, 6.45) is 0.298. The van der Waals surface area contributed by atoms with Gasteiger partial charge in [-0.15, -0.1) is 0 Å². The number of hydrazine groups is 1. The summed E-state index contributed by atoms with van der Waals surface area (Å²) >= 11 is 0. The van der Waals surface area contributed by atoms with Crippen LogP contribution in [0.1, 0.15) is 12.0 Å². The van der Waals surface area contributed by atoms with Gasteiger partial charge < -0.3 is 9.57 Å². The highest BCUT2D eigenvalue weighted by Gasteiger charge is 2.15. The molecular formula is C12H17N3O3. The minimum absolute atomic E-state index is 0.298. The van der Waals surface area contributed by atoms with E-state index in [-0.39, 0.29) is 5.97 Å². The smallest absolute Gasteiger partial charge is 0.327 e. The van der Waals surface area contributed by atoms with Gasteiger partial charge in [0.1, 0.15) is 12.4 Å². The van der Waals surface area contributed by atoms with Gasteiger partial charge in [0, 0.05) is 25.2 Å². The van der Waals surface area contributed by atoms with Gasteiger partial charge in [0.25, 0.3) is 0 Å². The summed E-state index contributed by atoms with van der Waals surface area (Å²) < 4.78 is 5.64. The van der Waals surface area contributed by atoms with Crippen molar-refractivity contribution in [1.82, 2.24) is 10.5 Å². The third-order valence-electron chi connectivity index (χ3n) is 2.84. The molecule has 1 aromatic carbocycles. The van der Waals surface area contributed by atoms with Crippen LogP contribution in [0.3, 0.4) is 0 Å². The van der Waals surface area contributed by atoms with Gasteiger partial charge in [-0.05, 0) is 6.07 Å². The molecule has 0 radical (unpaired) electrons. The second kappa shape index (κ2) is 6.34. The minimum Gasteiger partial charge on any atom is -0.492 e. The van der Waals surface area contributed by atoms with Gasteiger partial charge in [0.2, 0.25) is 0 Å². The molecule has 0 aliphatic carbocycles. The number of carbonyl (C=O) groups excluding carboxylic acids is 1. The molecule has 6 nitrogen and oxygen atoms in total. The molecule has 98 valence electrons. The van der Waals surface area contributed by atoms with Crippen LogP contribution < -0.4 is 16.2 Å². The number of rotatable bonds is 4. The minimum atomic E-state index is -0.365. The average Bonchev–Trinajstić information content (AvgIpc) is 2.58. The monoisotopic (exact) mass is 251 g/mol. The Hall–Kier alpha value is -1.63. The van der Waals surface area contributed by atoms with Crippen molar-refractivity contribution in [2.75, 3.05) is 19.7 Å². The third-order valence-corrected chi connectivity index (χ3v) is 2.84. The molecule has 0 saturated carbocycles. The van der Waals surface area contributed by atoms with Crippen LogP contribution in [0.4, 0.5) is 0 Å². The normalized spacial score (nSPS) is 15.4. The van der Waals surface area contributed by atoms with Crippen molar-refractivity contribution in [3.63, 3.8) is 0 Å². The van der Waals surface area contributed by atoms with E-state index in [4.69, 9.17) is 10.6 Å². The first kappa shape index (κ1) is 12.8. The first-order valence-electron chi connectivity index (χ1n) is 5.88. The van der Waals surface area contributed by atoms with E-state index in [9.17, 15) is 4.79 Å². The number of hydrogen-bond acceptors (Lipinski definition) is 6. The molecule has 2 rings (SSSR count). The van der Waals surface area contributed by atoms with Crippen LogP contribution in [0.2, 0.25) is 0 Å². The first-order chi connectivity index (χ1) is 8.79. The maximum atomic E-state index is 11.2. The van der Waals surface area contributed by atoms with E-state index in [1.807, 2.05) is 29.9 Å². The fourth-order valence-electron chi connectivity index (χ4n) is 1.94. The maximum absolute atomic E-state index is 11.2. The fraction of sp³-hybridized carbons (Fsp3) is 0.417. The Morgan fingerprint density at radius 1 is 1.50 bits per heavy atom. The molecule has 1 aliphatic rings. The van der Waals surface area contributed by atoms with Crippen molar-refractivity contribution >= 4 is 5.97 Å². The Bertz CT molecular complexity index is 411. The van der Waals surface area contributed by atoms with Crippen molar-refractivity contribution in [2.45, 2.75) is 13.0 Å². The van der Waals surface area contributed by atoms with Crippen LogP contribution in [0.15, 0.2) is 24.3 Å². The summed E-state index contributed by atoms with van der Waals surface area (Å²) in [5.74, 6) is 5.46. The molecule has 1 aliphatic heterocycles. The average molecular weight is 251 g/mol. The molecule has 3 N–H and O–H groups in total. The molecule has 18 heavy (non-hydrogen) atoms. The quantitative estimate of drug-likeness (QED) is 0.588. The van der Waals surface area contributed by atoms with Gasteiger partial charge in [0.05, 0.1) is 6.42 Å². The van der Waals surface area contributed by atoms with Crippen molar-refractivity contribution in [3.05, 3.63) is 29.8 Å². The summed E-state index contributed by atoms with van der Waals surface area (Å²) in [5.41, 5.74) is 3.03. The molecule has 0 bridgehead atoms. The zero-order chi connectivity index (χ0) is 12.8. The third kappa shape index (κ3) is 3.43. The topological polar surface area (TPSA) is 76.8 Å². The molecule has 1 heterocycles. The highest BCUT2D eigenvalue weighted by molar-refractivity contribution is 5.69. The number of benzene rings is 1. The zero-order valence-electron chi connectivity index (χ0n) is 10.1. The molecule has 1 aromatic rings. The van der Waals surface area contributed by atoms with Gasteiger partial charge >= 0.3 is 5.97 Å². The number of nitrogens with two attached hydrogens (primary N) is 1. The van der Waals surface area contributed by atoms with Gasteiger partial charge in [-0.25, -0.2) is 5.84 Å². The molecule has 0 saturated heterocycles. The number of nitrogens with zero attached hydrogens (tertiary/aromatic N) is 1. The van der Waals surface area contributed by atoms with Crippen molar-refractivity contribution in [3.8, 4) is 5.75 Å². The van der Waals surface area contributed by atoms with Crippen LogP contribution in [0.5, 0.6) is 5.75 Å². The standard InChI is InChI=1S/C12H17N3O3/c13-14-18-12(16)5-6-15-7-8-17-11-4-2-1-3-10(11)9-15/h1-4,14H,5-9,13H2. The second-order valence-electron chi connectivity index (χ2n) is 4.07. The Balaban J connectivity index is 1.90. The van der Waals surface area contributed by atoms with Crippen molar-refractivity contribution < 1.29 is 14.4 Å². The van der Waals surface area contributed by atoms with Crippen LogP contribution in [-0.4, -0.2) is 30.6 Å². The van der Waals surface area contributed by atoms with Gasteiger partial charge in [-0.2, -0.15) is 0 Å². The predicted molar refractivity (Wildman–Crippen MR) is 65.2 cm³/mol. The van der Waals surface area contributed by atoms with Gasteiger partial charge in [0.15, 0.2) is 0 Å². The molecule has 0 aromatic heterocycles. The maximum Gasteiger partial charge on any atom is 0.327 e. The zero-order valence-corrected chi connectivity index (χ0v) is 10.1. The van der Waals surface area contributed by atoms with E-state index >= 15 is 0 Å². The number of nitrogens with one attached hydrogen (secondary N) is 1. The molecule has 0 unspecified atom stereocenters. The Labute approximate surface area is 106 Å². The number of fused-ring (bicyclic) bond motifs is 1. The van der Waals surface area contributed by atoms with Crippen molar-refractivity contribution in [1.29, 1.82) is 0 Å². The van der Waals surface area contributed by atoms with Gasteiger partial charge in [-0.1, -0.05) is 23.8 Å². The fourth-order valence-corrected chi connectivity index (χ4v) is 1.94. The van der Waals surface area contributed by atoms with E-state index in [1.165, 1.54) is 0 Å². The van der Waals surface area contributed by atoms with Crippen molar-refractivity contribution in [2.24, 2.45) is 5.84 Å².